The van der Waals surface area contributed by atoms with E-state index >= 15 is 0 Å². The van der Waals surface area contributed by atoms with Gasteiger partial charge in [0.25, 0.3) is 0 Å². The summed E-state index contributed by atoms with van der Waals surface area (Å²) < 4.78 is 32.7. The van der Waals surface area contributed by atoms with Gasteiger partial charge < -0.3 is 9.30 Å². The Labute approximate surface area is 191 Å². The molecular weight excluding hydrogens is 424 g/mol. The molecule has 1 aromatic carbocycles. The van der Waals surface area contributed by atoms with Gasteiger partial charge in [-0.2, -0.15) is 0 Å². The van der Waals surface area contributed by atoms with Gasteiger partial charge in [-0.3, -0.25) is 4.79 Å². The highest BCUT2D eigenvalue weighted by molar-refractivity contribution is 7.89. The Morgan fingerprint density at radius 1 is 1.12 bits per heavy atom. The number of nitrogens with zero attached hydrogens (tertiary/aromatic N) is 1. The molecule has 2 N–H and O–H groups in total. The van der Waals surface area contributed by atoms with E-state index in [-0.39, 0.29) is 16.1 Å². The predicted octanol–water partition coefficient (Wildman–Crippen LogP) is 4.95. The second-order valence-corrected chi connectivity index (χ2v) is 11.8. The summed E-state index contributed by atoms with van der Waals surface area (Å²) in [5, 5.41) is 5.57. The van der Waals surface area contributed by atoms with Crippen molar-refractivity contribution in [2.24, 2.45) is 11.1 Å². The molecule has 2 heterocycles. The number of aromatic nitrogens is 1. The molecule has 1 aromatic heterocycles. The fraction of sp³-hybridized carbons (Fsp3) is 0.560. The van der Waals surface area contributed by atoms with Crippen LogP contribution in [0.2, 0.25) is 0 Å². The summed E-state index contributed by atoms with van der Waals surface area (Å²) in [5.41, 5.74) is 3.59. The number of rotatable bonds is 4. The third-order valence-electron chi connectivity index (χ3n) is 6.86. The van der Waals surface area contributed by atoms with Crippen molar-refractivity contribution in [3.05, 3.63) is 35.0 Å². The molecule has 0 bridgehead atoms. The van der Waals surface area contributed by atoms with Crippen molar-refractivity contribution in [3.8, 4) is 17.0 Å². The summed E-state index contributed by atoms with van der Waals surface area (Å²) in [5.74, 6) is 1.23. The Morgan fingerprint density at radius 3 is 2.44 bits per heavy atom. The third kappa shape index (κ3) is 4.37. The summed E-state index contributed by atoms with van der Waals surface area (Å²) in [6.07, 6.45) is 6.32. The number of carbonyl (C=O) groups excluding carboxylic acids is 1. The first-order valence-corrected chi connectivity index (χ1v) is 13.1. The molecule has 0 spiro atoms. The van der Waals surface area contributed by atoms with Crippen molar-refractivity contribution in [2.45, 2.75) is 83.1 Å². The summed E-state index contributed by atoms with van der Waals surface area (Å²) in [6.45, 7) is 9.25. The number of sulfonamides is 1. The molecule has 1 fully saturated rings. The highest BCUT2D eigenvalue weighted by Gasteiger charge is 2.30. The lowest BCUT2D eigenvalue weighted by atomic mass is 9.82. The predicted molar refractivity (Wildman–Crippen MR) is 126 cm³/mol. The van der Waals surface area contributed by atoms with E-state index in [1.807, 2.05) is 13.0 Å². The van der Waals surface area contributed by atoms with Crippen LogP contribution in [0.5, 0.6) is 5.75 Å². The lowest BCUT2D eigenvalue weighted by molar-refractivity contribution is 0.0932. The average Bonchev–Trinajstić information content (AvgIpc) is 3.04. The van der Waals surface area contributed by atoms with Crippen molar-refractivity contribution >= 4 is 15.8 Å². The zero-order valence-corrected chi connectivity index (χ0v) is 20.3. The molecule has 0 atom stereocenters. The Hall–Kier alpha value is -2.12. The number of nitrogens with two attached hydrogens (primary N) is 1. The fourth-order valence-electron chi connectivity index (χ4n) is 5.09. The summed E-state index contributed by atoms with van der Waals surface area (Å²) in [7, 11) is -3.86. The van der Waals surface area contributed by atoms with Crippen LogP contribution in [0.4, 0.5) is 0 Å². The second kappa shape index (κ2) is 8.34. The SMILES string of the molecule is Cc1c(S(N)(=O)=O)cc(-c2cc3c(c(C(C)(C)C)c2)OCCC3=O)n1CC1CCCCC1. The topological polar surface area (TPSA) is 91.4 Å². The molecule has 0 amide bonds. The monoisotopic (exact) mass is 458 g/mol. The van der Waals surface area contributed by atoms with E-state index in [1.54, 1.807) is 6.07 Å². The Kier molecular flexibility index (Phi) is 6.01. The van der Waals surface area contributed by atoms with Crippen molar-refractivity contribution < 1.29 is 17.9 Å². The molecule has 6 nitrogen and oxygen atoms in total. The number of carbonyl (C=O) groups is 1. The molecule has 0 radical (unpaired) electrons. The molecular formula is C25H34N2O4S. The van der Waals surface area contributed by atoms with Gasteiger partial charge in [-0.15, -0.1) is 0 Å². The van der Waals surface area contributed by atoms with Crippen LogP contribution in [0.15, 0.2) is 23.1 Å². The fourth-order valence-corrected chi connectivity index (χ4v) is 5.89. The largest absolute Gasteiger partial charge is 0.492 e. The third-order valence-corrected chi connectivity index (χ3v) is 7.89. The molecule has 1 aliphatic carbocycles. The minimum Gasteiger partial charge on any atom is -0.492 e. The van der Waals surface area contributed by atoms with Crippen LogP contribution in [0, 0.1) is 12.8 Å². The van der Waals surface area contributed by atoms with Gasteiger partial charge in [-0.1, -0.05) is 40.0 Å². The zero-order chi connectivity index (χ0) is 23.3. The summed E-state index contributed by atoms with van der Waals surface area (Å²) in [4.78, 5) is 12.9. The lowest BCUT2D eigenvalue weighted by Crippen LogP contribution is -2.22. The maximum atomic E-state index is 12.8. The lowest BCUT2D eigenvalue weighted by Gasteiger charge is -2.28. The molecule has 1 aliphatic heterocycles. The standard InChI is InChI=1S/C25H34N2O4S/c1-16-23(32(26,29)30)14-21(27(16)15-17-8-6-5-7-9-17)18-12-19-22(28)10-11-31-24(19)20(13-18)25(2,3)4/h12-14,17H,5-11,15H2,1-4H3,(H2,26,29,30). The van der Waals surface area contributed by atoms with E-state index in [1.165, 1.54) is 19.3 Å². The van der Waals surface area contributed by atoms with Crippen molar-refractivity contribution in [3.63, 3.8) is 0 Å². The molecule has 0 saturated heterocycles. The molecule has 4 rings (SSSR count). The maximum Gasteiger partial charge on any atom is 0.239 e. The number of ether oxygens (including phenoxy) is 1. The number of primary sulfonamides is 1. The van der Waals surface area contributed by atoms with Crippen molar-refractivity contribution in [1.29, 1.82) is 0 Å². The maximum absolute atomic E-state index is 12.8. The van der Waals surface area contributed by atoms with Gasteiger partial charge in [-0.05, 0) is 54.9 Å². The van der Waals surface area contributed by atoms with Gasteiger partial charge in [0.05, 0.1) is 12.2 Å². The minimum absolute atomic E-state index is 0.0624. The average molecular weight is 459 g/mol. The first-order chi connectivity index (χ1) is 15.0. The Bertz CT molecular complexity index is 1150. The van der Waals surface area contributed by atoms with E-state index in [0.717, 1.165) is 36.2 Å². The van der Waals surface area contributed by atoms with Crippen LogP contribution < -0.4 is 9.88 Å². The van der Waals surface area contributed by atoms with Gasteiger partial charge in [0, 0.05) is 29.9 Å². The van der Waals surface area contributed by atoms with Gasteiger partial charge >= 0.3 is 0 Å². The number of hydrogen-bond donors (Lipinski definition) is 1. The van der Waals surface area contributed by atoms with E-state index < -0.39 is 10.0 Å². The second-order valence-electron chi connectivity index (χ2n) is 10.3. The van der Waals surface area contributed by atoms with E-state index in [0.29, 0.717) is 36.0 Å². The van der Waals surface area contributed by atoms with E-state index in [4.69, 9.17) is 9.88 Å². The van der Waals surface area contributed by atoms with Crippen LogP contribution in [-0.4, -0.2) is 25.4 Å². The highest BCUT2D eigenvalue weighted by atomic mass is 32.2. The molecule has 174 valence electrons. The van der Waals surface area contributed by atoms with Crippen molar-refractivity contribution in [2.75, 3.05) is 6.61 Å². The number of fused-ring (bicyclic) bond motifs is 1. The smallest absolute Gasteiger partial charge is 0.239 e. The molecule has 32 heavy (non-hydrogen) atoms. The quantitative estimate of drug-likeness (QED) is 0.701. The van der Waals surface area contributed by atoms with Gasteiger partial charge in [0.2, 0.25) is 10.0 Å². The highest BCUT2D eigenvalue weighted by Crippen LogP contribution is 2.41. The number of hydrogen-bond acceptors (Lipinski definition) is 4. The molecule has 0 unspecified atom stereocenters. The van der Waals surface area contributed by atoms with E-state index in [9.17, 15) is 13.2 Å². The van der Waals surface area contributed by atoms with Crippen LogP contribution in [0.25, 0.3) is 11.3 Å². The zero-order valence-electron chi connectivity index (χ0n) is 19.5. The molecule has 1 saturated carbocycles. The first-order valence-electron chi connectivity index (χ1n) is 11.5. The van der Waals surface area contributed by atoms with Gasteiger partial charge in [0.15, 0.2) is 5.78 Å². The van der Waals surface area contributed by atoms with E-state index in [2.05, 4.69) is 31.4 Å². The van der Waals surface area contributed by atoms with Crippen LogP contribution in [0.1, 0.15) is 80.9 Å². The summed E-state index contributed by atoms with van der Waals surface area (Å²) in [6, 6.07) is 5.59. The van der Waals surface area contributed by atoms with Crippen molar-refractivity contribution in [1.82, 2.24) is 4.57 Å². The number of Topliss-reactive ketones (excluding diaryl/α,β-unsaturated/α-hetero) is 1. The Morgan fingerprint density at radius 2 is 1.81 bits per heavy atom. The molecule has 7 heteroatoms. The van der Waals surface area contributed by atoms with Gasteiger partial charge in [-0.25, -0.2) is 13.6 Å². The molecule has 2 aliphatic rings. The van der Waals surface area contributed by atoms with Crippen LogP contribution in [-0.2, 0) is 22.0 Å². The van der Waals surface area contributed by atoms with Gasteiger partial charge in [0.1, 0.15) is 10.6 Å². The Balaban J connectivity index is 1.92. The van der Waals surface area contributed by atoms with Crippen LogP contribution >= 0.6 is 0 Å². The summed E-state index contributed by atoms with van der Waals surface area (Å²) >= 11 is 0. The molecule has 2 aromatic rings. The normalized spacial score (nSPS) is 17.8. The number of benzene rings is 1. The minimum atomic E-state index is -3.86. The van der Waals surface area contributed by atoms with Crippen LogP contribution in [0.3, 0.4) is 0 Å². The first kappa shape index (κ1) is 23.1. The number of ketones is 1.